The topological polar surface area (TPSA) is 48.0 Å². The zero-order chi connectivity index (χ0) is 12.3. The Morgan fingerprint density at radius 3 is 2.38 bits per heavy atom. The van der Waals surface area contributed by atoms with E-state index < -0.39 is 5.79 Å². The van der Waals surface area contributed by atoms with E-state index in [9.17, 15) is 4.79 Å². The first-order chi connectivity index (χ1) is 7.34. The molecule has 0 aromatic rings. The summed E-state index contributed by atoms with van der Waals surface area (Å²) in [7, 11) is 5.30. The maximum Gasteiger partial charge on any atom is 0.308 e. The van der Waals surface area contributed by atoms with Gasteiger partial charge in [0.15, 0.2) is 5.79 Å². The van der Waals surface area contributed by atoms with Gasteiger partial charge in [-0.1, -0.05) is 0 Å². The fraction of sp³-hybridized carbons (Fsp3) is 0.909. The van der Waals surface area contributed by atoms with Crippen LogP contribution in [-0.2, 0) is 19.0 Å². The Kier molecular flexibility index (Phi) is 4.29. The normalized spacial score (nSPS) is 28.4. The van der Waals surface area contributed by atoms with Crippen LogP contribution in [0.4, 0.5) is 0 Å². The van der Waals surface area contributed by atoms with Gasteiger partial charge in [-0.25, -0.2) is 0 Å². The number of esters is 1. The quantitative estimate of drug-likeness (QED) is 0.664. The van der Waals surface area contributed by atoms with Crippen LogP contribution in [0.1, 0.15) is 20.3 Å². The molecule has 0 aromatic heterocycles. The maximum absolute atomic E-state index is 11.2. The van der Waals surface area contributed by atoms with Gasteiger partial charge >= 0.3 is 5.97 Å². The number of carbonyl (C=O) groups excluding carboxylic acids is 1. The highest BCUT2D eigenvalue weighted by atomic mass is 16.8. The molecule has 1 rings (SSSR count). The third-order valence-corrected chi connectivity index (χ3v) is 2.43. The first-order valence-corrected chi connectivity index (χ1v) is 5.41. The third-order valence-electron chi connectivity index (χ3n) is 2.43. The van der Waals surface area contributed by atoms with Gasteiger partial charge in [0.25, 0.3) is 0 Å². The van der Waals surface area contributed by atoms with Crippen LogP contribution in [0.2, 0.25) is 0 Å². The summed E-state index contributed by atoms with van der Waals surface area (Å²) in [5, 5.41) is 0. The summed E-state index contributed by atoms with van der Waals surface area (Å²) in [6.07, 6.45) is -0.0905. The van der Waals surface area contributed by atoms with Crippen molar-refractivity contribution in [3.63, 3.8) is 0 Å². The SMILES string of the molecule is COC(=O)C[C@H]1OC(C)(C)O[C@@H]1CN(C)C. The molecule has 0 bridgehead atoms. The van der Waals surface area contributed by atoms with Crippen LogP contribution < -0.4 is 0 Å². The van der Waals surface area contributed by atoms with E-state index in [1.807, 2.05) is 32.8 Å². The van der Waals surface area contributed by atoms with Gasteiger partial charge in [0.1, 0.15) is 6.10 Å². The van der Waals surface area contributed by atoms with Crippen molar-refractivity contribution in [2.45, 2.75) is 38.3 Å². The second kappa shape index (κ2) is 5.12. The van der Waals surface area contributed by atoms with Crippen LogP contribution >= 0.6 is 0 Å². The monoisotopic (exact) mass is 231 g/mol. The van der Waals surface area contributed by atoms with Gasteiger partial charge < -0.3 is 19.1 Å². The minimum absolute atomic E-state index is 0.0934. The molecule has 1 aliphatic rings. The zero-order valence-corrected chi connectivity index (χ0v) is 10.6. The smallest absolute Gasteiger partial charge is 0.308 e. The zero-order valence-electron chi connectivity index (χ0n) is 10.6. The molecular formula is C11H21NO4. The maximum atomic E-state index is 11.2. The molecule has 0 N–H and O–H groups in total. The van der Waals surface area contributed by atoms with Gasteiger partial charge in [0.2, 0.25) is 0 Å². The molecule has 16 heavy (non-hydrogen) atoms. The molecule has 1 aliphatic heterocycles. The number of hydrogen-bond donors (Lipinski definition) is 0. The molecule has 2 atom stereocenters. The van der Waals surface area contributed by atoms with Gasteiger partial charge in [-0.2, -0.15) is 0 Å². The first kappa shape index (κ1) is 13.4. The molecular weight excluding hydrogens is 210 g/mol. The Hall–Kier alpha value is -0.650. The lowest BCUT2D eigenvalue weighted by Gasteiger charge is -2.20. The number of carbonyl (C=O) groups is 1. The Balaban J connectivity index is 2.61. The number of rotatable bonds is 4. The van der Waals surface area contributed by atoms with Crippen molar-refractivity contribution in [3.8, 4) is 0 Å². The lowest BCUT2D eigenvalue weighted by atomic mass is 10.1. The molecule has 0 saturated carbocycles. The molecule has 5 heteroatoms. The second-order valence-corrected chi connectivity index (χ2v) is 4.75. The van der Waals surface area contributed by atoms with Gasteiger partial charge in [-0.3, -0.25) is 4.79 Å². The molecule has 0 amide bonds. The highest BCUT2D eigenvalue weighted by Crippen LogP contribution is 2.30. The van der Waals surface area contributed by atoms with Crippen molar-refractivity contribution in [2.75, 3.05) is 27.7 Å². The van der Waals surface area contributed by atoms with Crippen molar-refractivity contribution in [3.05, 3.63) is 0 Å². The summed E-state index contributed by atoms with van der Waals surface area (Å²) >= 11 is 0. The summed E-state index contributed by atoms with van der Waals surface area (Å²) in [4.78, 5) is 13.3. The number of methoxy groups -OCH3 is 1. The van der Waals surface area contributed by atoms with Crippen molar-refractivity contribution in [1.29, 1.82) is 0 Å². The van der Waals surface area contributed by atoms with E-state index in [0.717, 1.165) is 6.54 Å². The largest absolute Gasteiger partial charge is 0.469 e. The Morgan fingerprint density at radius 2 is 1.88 bits per heavy atom. The van der Waals surface area contributed by atoms with Crippen molar-refractivity contribution >= 4 is 5.97 Å². The second-order valence-electron chi connectivity index (χ2n) is 4.75. The van der Waals surface area contributed by atoms with E-state index in [4.69, 9.17) is 9.47 Å². The van der Waals surface area contributed by atoms with E-state index in [1.54, 1.807) is 0 Å². The minimum Gasteiger partial charge on any atom is -0.469 e. The first-order valence-electron chi connectivity index (χ1n) is 5.41. The molecule has 1 heterocycles. The number of hydrogen-bond acceptors (Lipinski definition) is 5. The van der Waals surface area contributed by atoms with E-state index in [0.29, 0.717) is 0 Å². The van der Waals surface area contributed by atoms with E-state index >= 15 is 0 Å². The highest BCUT2D eigenvalue weighted by molar-refractivity contribution is 5.69. The Labute approximate surface area is 96.6 Å². The molecule has 94 valence electrons. The summed E-state index contributed by atoms with van der Waals surface area (Å²) in [6, 6.07) is 0. The molecule has 5 nitrogen and oxygen atoms in total. The average Bonchev–Trinajstić information content (AvgIpc) is 2.39. The van der Waals surface area contributed by atoms with E-state index in [1.165, 1.54) is 7.11 Å². The van der Waals surface area contributed by atoms with Crippen LogP contribution in [0, 0.1) is 0 Å². The number of nitrogens with zero attached hydrogens (tertiary/aromatic N) is 1. The fourth-order valence-corrected chi connectivity index (χ4v) is 1.84. The highest BCUT2D eigenvalue weighted by Gasteiger charge is 2.42. The molecule has 0 unspecified atom stereocenters. The van der Waals surface area contributed by atoms with Gasteiger partial charge in [-0.05, 0) is 27.9 Å². The number of ether oxygens (including phenoxy) is 3. The van der Waals surface area contributed by atoms with Gasteiger partial charge in [-0.15, -0.1) is 0 Å². The summed E-state index contributed by atoms with van der Waals surface area (Å²) < 4.78 is 16.1. The van der Waals surface area contributed by atoms with Crippen LogP contribution in [0.5, 0.6) is 0 Å². The van der Waals surface area contributed by atoms with Gasteiger partial charge in [0, 0.05) is 6.54 Å². The van der Waals surface area contributed by atoms with Crippen molar-refractivity contribution in [1.82, 2.24) is 4.90 Å². The average molecular weight is 231 g/mol. The van der Waals surface area contributed by atoms with Crippen LogP contribution in [0.15, 0.2) is 0 Å². The van der Waals surface area contributed by atoms with Gasteiger partial charge in [0.05, 0.1) is 19.6 Å². The van der Waals surface area contributed by atoms with Crippen LogP contribution in [0.3, 0.4) is 0 Å². The molecule has 0 radical (unpaired) electrons. The van der Waals surface area contributed by atoms with Crippen LogP contribution in [0.25, 0.3) is 0 Å². The molecule has 0 spiro atoms. The molecule has 0 aromatic carbocycles. The predicted octanol–water partition coefficient (Wildman–Crippen LogP) is 0.631. The summed E-state index contributed by atoms with van der Waals surface area (Å²) in [5.74, 6) is -0.894. The van der Waals surface area contributed by atoms with Crippen molar-refractivity contribution < 1.29 is 19.0 Å². The van der Waals surface area contributed by atoms with E-state index in [-0.39, 0.29) is 24.6 Å². The minimum atomic E-state index is -0.626. The lowest BCUT2D eigenvalue weighted by molar-refractivity contribution is -0.154. The summed E-state index contributed by atoms with van der Waals surface area (Å²) in [5.41, 5.74) is 0. The summed E-state index contributed by atoms with van der Waals surface area (Å²) in [6.45, 7) is 4.44. The van der Waals surface area contributed by atoms with E-state index in [2.05, 4.69) is 4.74 Å². The Morgan fingerprint density at radius 1 is 1.31 bits per heavy atom. The molecule has 1 fully saturated rings. The lowest BCUT2D eigenvalue weighted by Crippen LogP contribution is -2.35. The van der Waals surface area contributed by atoms with Crippen molar-refractivity contribution in [2.24, 2.45) is 0 Å². The Bertz CT molecular complexity index is 252. The third kappa shape index (κ3) is 3.73. The fourth-order valence-electron chi connectivity index (χ4n) is 1.84. The predicted molar refractivity (Wildman–Crippen MR) is 59.0 cm³/mol. The number of likely N-dealkylation sites (N-methyl/N-ethyl adjacent to an activating group) is 1. The van der Waals surface area contributed by atoms with Crippen LogP contribution in [-0.4, -0.2) is 56.6 Å². The molecule has 0 aliphatic carbocycles. The molecule has 1 saturated heterocycles. The standard InChI is InChI=1S/C11H21NO4/c1-11(2)15-8(6-10(13)14-5)9(16-11)7-12(3)4/h8-9H,6-7H2,1-5H3/t8-,9-/m1/s1.